The van der Waals surface area contributed by atoms with E-state index in [1.807, 2.05) is 18.7 Å². The lowest BCUT2D eigenvalue weighted by molar-refractivity contribution is -0.194. The van der Waals surface area contributed by atoms with Crippen LogP contribution in [0.3, 0.4) is 0 Å². The van der Waals surface area contributed by atoms with E-state index in [1.165, 1.54) is 68.5 Å². The average molecular weight is 652 g/mol. The Morgan fingerprint density at radius 1 is 1.11 bits per heavy atom. The van der Waals surface area contributed by atoms with Crippen LogP contribution in [-0.2, 0) is 10.0 Å². The van der Waals surface area contributed by atoms with Crippen molar-refractivity contribution in [2.24, 2.45) is 11.3 Å². The van der Waals surface area contributed by atoms with Gasteiger partial charge in [0.1, 0.15) is 34.2 Å². The van der Waals surface area contributed by atoms with Gasteiger partial charge in [0, 0.05) is 37.5 Å². The Labute approximate surface area is 259 Å². The molecule has 1 amide bonds. The fraction of sp³-hybridized carbons (Fsp3) is 0.500. The number of sulfonamides is 1. The molecule has 2 aliphatic rings. The first-order valence-corrected chi connectivity index (χ1v) is 15.8. The summed E-state index contributed by atoms with van der Waals surface area (Å²) in [5.74, 6) is 0.357. The standard InChI is InChI=1S/C30H36F3N5O6S/c1-19-16-28(2,3)37(17-19)26-21(27(39)36(4)45(40,41)23-9-7-20(42-5)15-22(23)43-6)8-10-24(34-26)38-14-11-25(35-38)44-18-29(12-13-29)30(31,32)33/h7-11,14-15,19H,12-13,16-18H2,1-6H3/t19-/m0/s1. The second-order valence-electron chi connectivity index (χ2n) is 12.2. The average Bonchev–Trinajstić information content (AvgIpc) is 3.57. The van der Waals surface area contributed by atoms with Crippen LogP contribution in [0.4, 0.5) is 19.0 Å². The molecule has 3 heterocycles. The van der Waals surface area contributed by atoms with Crippen molar-refractivity contribution in [1.29, 1.82) is 0 Å². The molecule has 15 heteroatoms. The van der Waals surface area contributed by atoms with Crippen LogP contribution >= 0.6 is 0 Å². The Bertz CT molecular complexity index is 1700. The van der Waals surface area contributed by atoms with Crippen LogP contribution < -0.4 is 19.1 Å². The lowest BCUT2D eigenvalue weighted by Crippen LogP contribution is -2.41. The lowest BCUT2D eigenvalue weighted by atomic mass is 9.97. The molecule has 0 unspecified atom stereocenters. The van der Waals surface area contributed by atoms with E-state index in [9.17, 15) is 26.4 Å². The molecule has 1 aromatic carbocycles. The van der Waals surface area contributed by atoms with Gasteiger partial charge in [-0.15, -0.1) is 5.10 Å². The Morgan fingerprint density at radius 2 is 1.82 bits per heavy atom. The number of carbonyl (C=O) groups is 1. The summed E-state index contributed by atoms with van der Waals surface area (Å²) >= 11 is 0. The van der Waals surface area contributed by atoms with Gasteiger partial charge in [-0.2, -0.15) is 13.2 Å². The highest BCUT2D eigenvalue weighted by molar-refractivity contribution is 7.89. The second-order valence-corrected chi connectivity index (χ2v) is 14.2. The van der Waals surface area contributed by atoms with Gasteiger partial charge in [-0.3, -0.25) is 4.79 Å². The number of hydrogen-bond donors (Lipinski definition) is 0. The summed E-state index contributed by atoms with van der Waals surface area (Å²) in [5, 5.41) is 4.26. The topological polar surface area (TPSA) is 116 Å². The zero-order chi connectivity index (χ0) is 32.9. The Kier molecular flexibility index (Phi) is 8.21. The van der Waals surface area contributed by atoms with Gasteiger partial charge in [0.05, 0.1) is 19.8 Å². The quantitative estimate of drug-likeness (QED) is 0.296. The number of pyridine rings is 1. The number of benzene rings is 1. The number of ether oxygens (including phenoxy) is 3. The molecule has 11 nitrogen and oxygen atoms in total. The maximum absolute atomic E-state index is 14.0. The van der Waals surface area contributed by atoms with Crippen molar-refractivity contribution in [3.05, 3.63) is 48.2 Å². The summed E-state index contributed by atoms with van der Waals surface area (Å²) < 4.78 is 85.3. The summed E-state index contributed by atoms with van der Waals surface area (Å²) in [7, 11) is -0.451. The van der Waals surface area contributed by atoms with E-state index >= 15 is 0 Å². The molecule has 1 aliphatic carbocycles. The minimum Gasteiger partial charge on any atom is -0.497 e. The zero-order valence-electron chi connectivity index (χ0n) is 25.9. The largest absolute Gasteiger partial charge is 0.497 e. The number of methoxy groups -OCH3 is 2. The van der Waals surface area contributed by atoms with Gasteiger partial charge in [0.25, 0.3) is 15.9 Å². The van der Waals surface area contributed by atoms with Crippen molar-refractivity contribution in [2.75, 3.05) is 39.3 Å². The second kappa shape index (κ2) is 11.4. The predicted molar refractivity (Wildman–Crippen MR) is 159 cm³/mol. The number of carbonyl (C=O) groups excluding carboxylic acids is 1. The summed E-state index contributed by atoms with van der Waals surface area (Å²) in [4.78, 5) is 20.5. The van der Waals surface area contributed by atoms with Crippen molar-refractivity contribution in [2.45, 2.75) is 56.6 Å². The van der Waals surface area contributed by atoms with Crippen LogP contribution in [0.15, 0.2) is 47.5 Å². The summed E-state index contributed by atoms with van der Waals surface area (Å²) in [6.45, 7) is 6.12. The van der Waals surface area contributed by atoms with E-state index in [0.29, 0.717) is 16.6 Å². The predicted octanol–water partition coefficient (Wildman–Crippen LogP) is 5.09. The van der Waals surface area contributed by atoms with Gasteiger partial charge >= 0.3 is 6.18 Å². The van der Waals surface area contributed by atoms with Gasteiger partial charge < -0.3 is 19.1 Å². The maximum Gasteiger partial charge on any atom is 0.397 e. The highest BCUT2D eigenvalue weighted by Crippen LogP contribution is 2.57. The third-order valence-electron chi connectivity index (χ3n) is 8.47. The minimum atomic E-state index is -4.37. The highest BCUT2D eigenvalue weighted by Gasteiger charge is 2.64. The first kappa shape index (κ1) is 32.4. The normalized spacial score (nSPS) is 18.9. The third kappa shape index (κ3) is 6.01. The summed E-state index contributed by atoms with van der Waals surface area (Å²) in [6, 6.07) is 8.59. The van der Waals surface area contributed by atoms with Crippen LogP contribution in [0.1, 0.15) is 50.4 Å². The fourth-order valence-corrected chi connectivity index (χ4v) is 6.95. The molecule has 5 rings (SSSR count). The summed E-state index contributed by atoms with van der Waals surface area (Å²) in [5.41, 5.74) is -2.22. The molecule has 1 saturated carbocycles. The molecule has 3 aromatic rings. The number of rotatable bonds is 10. The number of amides is 1. The van der Waals surface area contributed by atoms with E-state index in [1.54, 1.807) is 0 Å². The number of hydrogen-bond acceptors (Lipinski definition) is 9. The molecule has 244 valence electrons. The minimum absolute atomic E-state index is 0.00316. The molecule has 0 spiro atoms. The van der Waals surface area contributed by atoms with Gasteiger partial charge in [-0.25, -0.2) is 22.4 Å². The molecule has 2 fully saturated rings. The van der Waals surface area contributed by atoms with Gasteiger partial charge in [0.2, 0.25) is 5.88 Å². The van der Waals surface area contributed by atoms with Crippen molar-refractivity contribution in [3.63, 3.8) is 0 Å². The molecule has 0 radical (unpaired) electrons. The maximum atomic E-state index is 14.0. The van der Waals surface area contributed by atoms with E-state index in [4.69, 9.17) is 19.2 Å². The van der Waals surface area contributed by atoms with Crippen LogP contribution in [0.2, 0.25) is 0 Å². The van der Waals surface area contributed by atoms with Crippen molar-refractivity contribution in [3.8, 4) is 23.2 Å². The molecule has 1 atom stereocenters. The number of halogens is 3. The lowest BCUT2D eigenvalue weighted by Gasteiger charge is -2.34. The SMILES string of the molecule is COc1ccc(S(=O)(=O)N(C)C(=O)c2ccc(-n3ccc(OCC4(C(F)(F)F)CC4)n3)nc2N2C[C@@H](C)CC2(C)C)c(OC)c1. The van der Waals surface area contributed by atoms with Gasteiger partial charge in [-0.05, 0) is 63.3 Å². The van der Waals surface area contributed by atoms with E-state index < -0.39 is 39.7 Å². The highest BCUT2D eigenvalue weighted by atomic mass is 32.2. The number of aromatic nitrogens is 3. The van der Waals surface area contributed by atoms with E-state index in [2.05, 4.69) is 12.0 Å². The Hall–Kier alpha value is -4.01. The van der Waals surface area contributed by atoms with E-state index in [-0.39, 0.29) is 52.5 Å². The third-order valence-corrected chi connectivity index (χ3v) is 10.2. The molecule has 1 saturated heterocycles. The van der Waals surface area contributed by atoms with Crippen LogP contribution in [0, 0.1) is 11.3 Å². The van der Waals surface area contributed by atoms with Crippen LogP contribution in [0.25, 0.3) is 5.82 Å². The van der Waals surface area contributed by atoms with Crippen molar-refractivity contribution >= 4 is 21.7 Å². The molecule has 0 N–H and O–H groups in total. The first-order valence-electron chi connectivity index (χ1n) is 14.3. The van der Waals surface area contributed by atoms with Crippen LogP contribution in [0.5, 0.6) is 17.4 Å². The zero-order valence-corrected chi connectivity index (χ0v) is 26.7. The van der Waals surface area contributed by atoms with Gasteiger partial charge in [-0.1, -0.05) is 6.92 Å². The smallest absolute Gasteiger partial charge is 0.397 e. The Morgan fingerprint density at radius 3 is 2.40 bits per heavy atom. The number of anilines is 1. The Balaban J connectivity index is 1.49. The molecule has 0 bridgehead atoms. The van der Waals surface area contributed by atoms with Crippen LogP contribution in [-0.4, -0.2) is 79.5 Å². The monoisotopic (exact) mass is 651 g/mol. The van der Waals surface area contributed by atoms with Crippen molar-refractivity contribution < 1.29 is 40.6 Å². The molecule has 2 aromatic heterocycles. The number of alkyl halides is 3. The van der Waals surface area contributed by atoms with E-state index in [0.717, 1.165) is 6.42 Å². The number of nitrogens with zero attached hydrogens (tertiary/aromatic N) is 5. The molecule has 1 aliphatic heterocycles. The summed E-state index contributed by atoms with van der Waals surface area (Å²) in [6.07, 6.45) is -2.04. The van der Waals surface area contributed by atoms with Crippen molar-refractivity contribution in [1.82, 2.24) is 19.1 Å². The first-order chi connectivity index (χ1) is 21.0. The van der Waals surface area contributed by atoms with Gasteiger partial charge in [0.15, 0.2) is 5.82 Å². The molecular weight excluding hydrogens is 615 g/mol. The molecular formula is C30H36F3N5O6S. The fourth-order valence-electron chi connectivity index (χ4n) is 5.70. The molecule has 45 heavy (non-hydrogen) atoms.